The van der Waals surface area contributed by atoms with E-state index in [0.717, 1.165) is 0 Å². The molecule has 9 heteroatoms. The summed E-state index contributed by atoms with van der Waals surface area (Å²) < 4.78 is 23.1. The van der Waals surface area contributed by atoms with Gasteiger partial charge >= 0.3 is 5.97 Å². The van der Waals surface area contributed by atoms with Crippen molar-refractivity contribution in [3.63, 3.8) is 0 Å². The van der Waals surface area contributed by atoms with Crippen molar-refractivity contribution in [2.75, 3.05) is 18.1 Å². The van der Waals surface area contributed by atoms with E-state index in [0.29, 0.717) is 22.3 Å². The fourth-order valence-corrected chi connectivity index (χ4v) is 3.14. The molecule has 3 rings (SSSR count). The van der Waals surface area contributed by atoms with Crippen molar-refractivity contribution in [1.29, 1.82) is 0 Å². The first-order valence-electron chi connectivity index (χ1n) is 7.98. The zero-order valence-corrected chi connectivity index (χ0v) is 15.8. The van der Waals surface area contributed by atoms with Crippen molar-refractivity contribution in [2.45, 2.75) is 26.9 Å². The third-order valence-electron chi connectivity index (χ3n) is 3.14. The van der Waals surface area contributed by atoms with Crippen LogP contribution in [0.15, 0.2) is 24.4 Å². The van der Waals surface area contributed by atoms with Gasteiger partial charge in [-0.15, -0.1) is 5.10 Å². The van der Waals surface area contributed by atoms with Crippen LogP contribution in [0.3, 0.4) is 0 Å². The molecule has 7 nitrogen and oxygen atoms in total. The van der Waals surface area contributed by atoms with Gasteiger partial charge in [0.1, 0.15) is 6.10 Å². The number of nitrogens with zero attached hydrogens (tertiary/aromatic N) is 3. The van der Waals surface area contributed by atoms with E-state index < -0.39 is 16.8 Å². The van der Waals surface area contributed by atoms with Gasteiger partial charge in [-0.1, -0.05) is 25.4 Å². The number of carbonyl (C=O) groups excluding carboxylic acids is 1. The number of esters is 1. The van der Waals surface area contributed by atoms with Crippen molar-refractivity contribution in [3.8, 4) is 11.7 Å². The molecule has 136 valence electrons. The summed E-state index contributed by atoms with van der Waals surface area (Å²) in [6.45, 7) is 5.95. The minimum Gasteiger partial charge on any atom is -0.471 e. The second kappa shape index (κ2) is 8.96. The number of hydrogen-bond donors (Lipinski definition) is 0. The lowest BCUT2D eigenvalue weighted by Gasteiger charge is -2.24. The van der Waals surface area contributed by atoms with Crippen molar-refractivity contribution in [2.24, 2.45) is 0 Å². The summed E-state index contributed by atoms with van der Waals surface area (Å²) in [6, 6.07) is 4.81. The van der Waals surface area contributed by atoms with E-state index in [1.165, 1.54) is 10.7 Å². The SMILES string of the molecule is CC.CCOC(=O)c1cc(OC2CS(=O)C2)nn1-c1ncccc1Cl. The van der Waals surface area contributed by atoms with E-state index in [4.69, 9.17) is 21.1 Å². The molecule has 0 radical (unpaired) electrons. The maximum atomic E-state index is 12.1. The fraction of sp³-hybridized carbons (Fsp3) is 0.438. The molecule has 0 saturated carbocycles. The lowest BCUT2D eigenvalue weighted by molar-refractivity contribution is 0.0515. The van der Waals surface area contributed by atoms with Crippen LogP contribution in [-0.2, 0) is 15.5 Å². The predicted octanol–water partition coefficient (Wildman–Crippen LogP) is 2.63. The fourth-order valence-electron chi connectivity index (χ4n) is 2.07. The molecule has 1 aliphatic heterocycles. The molecule has 0 N–H and O–H groups in total. The van der Waals surface area contributed by atoms with Gasteiger partial charge < -0.3 is 9.47 Å². The van der Waals surface area contributed by atoms with Crippen molar-refractivity contribution in [3.05, 3.63) is 35.1 Å². The van der Waals surface area contributed by atoms with E-state index in [-0.39, 0.29) is 24.3 Å². The number of pyridine rings is 1. The standard InChI is InChI=1S/C14H14ClN3O4S.C2H6/c1-2-21-14(19)11-6-12(22-9-7-23(20)8-9)17-18(11)13-10(15)4-3-5-16-13;1-2/h3-6,9H,2,7-8H2,1H3;1-2H3. The minimum absolute atomic E-state index is 0.159. The molecular formula is C16H20ClN3O4S. The van der Waals surface area contributed by atoms with Crippen molar-refractivity contribution < 1.29 is 18.5 Å². The summed E-state index contributed by atoms with van der Waals surface area (Å²) >= 11 is 6.13. The first kappa shape index (κ1) is 19.4. The number of carbonyl (C=O) groups is 1. The van der Waals surface area contributed by atoms with Gasteiger partial charge in [0.05, 0.1) is 23.1 Å². The molecule has 0 spiro atoms. The van der Waals surface area contributed by atoms with Crippen LogP contribution in [0.5, 0.6) is 5.88 Å². The van der Waals surface area contributed by atoms with Gasteiger partial charge in [0.2, 0.25) is 5.88 Å². The summed E-state index contributed by atoms with van der Waals surface area (Å²) in [5, 5.41) is 4.58. The molecule has 0 unspecified atom stereocenters. The molecule has 1 aliphatic rings. The Morgan fingerprint density at radius 1 is 1.44 bits per heavy atom. The monoisotopic (exact) mass is 385 g/mol. The normalized spacial score (nSPS) is 18.6. The summed E-state index contributed by atoms with van der Waals surface area (Å²) in [7, 11) is -0.830. The summed E-state index contributed by atoms with van der Waals surface area (Å²) in [6.07, 6.45) is 1.39. The molecule has 0 amide bonds. The van der Waals surface area contributed by atoms with Gasteiger partial charge in [-0.05, 0) is 19.1 Å². The van der Waals surface area contributed by atoms with Crippen LogP contribution in [0.2, 0.25) is 5.02 Å². The van der Waals surface area contributed by atoms with Crippen LogP contribution < -0.4 is 4.74 Å². The number of halogens is 1. The van der Waals surface area contributed by atoms with Crippen molar-refractivity contribution >= 4 is 28.4 Å². The molecule has 2 aromatic rings. The van der Waals surface area contributed by atoms with Crippen LogP contribution >= 0.6 is 11.6 Å². The Kier molecular flexibility index (Phi) is 6.95. The van der Waals surface area contributed by atoms with E-state index in [1.807, 2.05) is 13.8 Å². The second-order valence-electron chi connectivity index (χ2n) is 4.82. The highest BCUT2D eigenvalue weighted by molar-refractivity contribution is 7.86. The summed E-state index contributed by atoms with van der Waals surface area (Å²) in [5.74, 6) is 0.937. The quantitative estimate of drug-likeness (QED) is 0.736. The van der Waals surface area contributed by atoms with Gasteiger partial charge in [0.15, 0.2) is 11.5 Å². The van der Waals surface area contributed by atoms with E-state index in [9.17, 15) is 9.00 Å². The Morgan fingerprint density at radius 3 is 2.76 bits per heavy atom. The van der Waals surface area contributed by atoms with Crippen LogP contribution in [0.4, 0.5) is 0 Å². The maximum absolute atomic E-state index is 12.1. The first-order chi connectivity index (χ1) is 12.1. The zero-order valence-electron chi connectivity index (χ0n) is 14.3. The topological polar surface area (TPSA) is 83.3 Å². The lowest BCUT2D eigenvalue weighted by atomic mass is 10.4. The Hall–Kier alpha value is -1.93. The highest BCUT2D eigenvalue weighted by atomic mass is 35.5. The van der Waals surface area contributed by atoms with Crippen molar-refractivity contribution in [1.82, 2.24) is 14.8 Å². The zero-order chi connectivity index (χ0) is 18.4. The largest absolute Gasteiger partial charge is 0.471 e. The summed E-state index contributed by atoms with van der Waals surface area (Å²) in [5.41, 5.74) is 0.169. The van der Waals surface area contributed by atoms with Crippen LogP contribution in [0.1, 0.15) is 31.3 Å². The molecule has 1 saturated heterocycles. The van der Waals surface area contributed by atoms with E-state index in [1.54, 1.807) is 25.3 Å². The average Bonchev–Trinajstić information content (AvgIpc) is 3.00. The molecule has 3 heterocycles. The minimum atomic E-state index is -0.830. The maximum Gasteiger partial charge on any atom is 0.357 e. The number of aromatic nitrogens is 3. The Labute approximate surface area is 153 Å². The second-order valence-corrected chi connectivity index (χ2v) is 6.78. The van der Waals surface area contributed by atoms with Gasteiger partial charge in [-0.25, -0.2) is 14.5 Å². The van der Waals surface area contributed by atoms with Gasteiger partial charge in [0, 0.05) is 23.1 Å². The molecule has 0 atom stereocenters. The van der Waals surface area contributed by atoms with E-state index in [2.05, 4.69) is 10.1 Å². The third kappa shape index (κ3) is 4.58. The molecule has 0 bridgehead atoms. The Bertz CT molecular complexity index is 758. The highest BCUT2D eigenvalue weighted by Gasteiger charge is 2.29. The highest BCUT2D eigenvalue weighted by Crippen LogP contribution is 2.24. The van der Waals surface area contributed by atoms with Gasteiger partial charge in [0.25, 0.3) is 0 Å². The molecule has 25 heavy (non-hydrogen) atoms. The molecule has 2 aromatic heterocycles. The first-order valence-corrected chi connectivity index (χ1v) is 9.84. The molecular weight excluding hydrogens is 366 g/mol. The molecule has 1 fully saturated rings. The predicted molar refractivity (Wildman–Crippen MR) is 96.0 cm³/mol. The average molecular weight is 386 g/mol. The third-order valence-corrected chi connectivity index (χ3v) is 4.92. The number of ether oxygens (including phenoxy) is 2. The van der Waals surface area contributed by atoms with E-state index >= 15 is 0 Å². The van der Waals surface area contributed by atoms with Gasteiger partial charge in [-0.2, -0.15) is 0 Å². The van der Waals surface area contributed by atoms with Crippen LogP contribution in [0, 0.1) is 0 Å². The molecule has 0 aliphatic carbocycles. The van der Waals surface area contributed by atoms with Crippen LogP contribution in [0.25, 0.3) is 5.82 Å². The van der Waals surface area contributed by atoms with Gasteiger partial charge in [-0.3, -0.25) is 4.21 Å². The Balaban J connectivity index is 0.00000109. The number of hydrogen-bond acceptors (Lipinski definition) is 6. The van der Waals surface area contributed by atoms with Crippen LogP contribution in [-0.4, -0.2) is 49.2 Å². The smallest absolute Gasteiger partial charge is 0.357 e. The summed E-state index contributed by atoms with van der Waals surface area (Å²) in [4.78, 5) is 16.3. The lowest BCUT2D eigenvalue weighted by Crippen LogP contribution is -2.41. The Morgan fingerprint density at radius 2 is 2.16 bits per heavy atom. The molecule has 0 aromatic carbocycles. The number of rotatable bonds is 5.